The predicted molar refractivity (Wildman–Crippen MR) is 74.1 cm³/mol. The average molecular weight is 292 g/mol. The fourth-order valence-electron chi connectivity index (χ4n) is 1.55. The van der Waals surface area contributed by atoms with Gasteiger partial charge in [0, 0.05) is 13.0 Å². The first-order valence-electron chi connectivity index (χ1n) is 6.29. The minimum atomic E-state index is -0.307. The van der Waals surface area contributed by atoms with Crippen molar-refractivity contribution < 1.29 is 4.79 Å². The lowest BCUT2D eigenvalue weighted by Crippen LogP contribution is -2.16. The van der Waals surface area contributed by atoms with E-state index >= 15 is 0 Å². The summed E-state index contributed by atoms with van der Waals surface area (Å²) in [6.07, 6.45) is 4.66. The number of nitrogens with zero attached hydrogens (tertiary/aromatic N) is 6. The SMILES string of the molecule is NNc1nc(NCCCCC(N)=O)nc(-n2cncn2)n1. The molecule has 112 valence electrons. The number of nitrogen functional groups attached to an aromatic ring is 1. The van der Waals surface area contributed by atoms with E-state index < -0.39 is 0 Å². The Morgan fingerprint density at radius 3 is 2.71 bits per heavy atom. The first kappa shape index (κ1) is 14.6. The van der Waals surface area contributed by atoms with Crippen LogP contribution in [-0.4, -0.2) is 42.2 Å². The number of hydrazine groups is 1. The Morgan fingerprint density at radius 2 is 2.05 bits per heavy atom. The van der Waals surface area contributed by atoms with Crippen molar-refractivity contribution in [3.63, 3.8) is 0 Å². The first-order valence-corrected chi connectivity index (χ1v) is 6.29. The quantitative estimate of drug-likeness (QED) is 0.266. The molecule has 6 N–H and O–H groups in total. The van der Waals surface area contributed by atoms with Crippen LogP contribution in [-0.2, 0) is 4.79 Å². The zero-order valence-electron chi connectivity index (χ0n) is 11.2. The van der Waals surface area contributed by atoms with Crippen LogP contribution < -0.4 is 22.3 Å². The van der Waals surface area contributed by atoms with Gasteiger partial charge in [0.2, 0.25) is 17.8 Å². The highest BCUT2D eigenvalue weighted by molar-refractivity contribution is 5.73. The fraction of sp³-hybridized carbons (Fsp3) is 0.400. The number of unbranched alkanes of at least 4 members (excludes halogenated alkanes) is 1. The van der Waals surface area contributed by atoms with Gasteiger partial charge in [-0.25, -0.2) is 10.8 Å². The maximum atomic E-state index is 10.6. The largest absolute Gasteiger partial charge is 0.370 e. The van der Waals surface area contributed by atoms with Crippen molar-refractivity contribution in [3.8, 4) is 5.95 Å². The van der Waals surface area contributed by atoms with Gasteiger partial charge in [-0.1, -0.05) is 0 Å². The molecule has 11 nitrogen and oxygen atoms in total. The van der Waals surface area contributed by atoms with Gasteiger partial charge < -0.3 is 11.1 Å². The smallest absolute Gasteiger partial charge is 0.258 e. The minimum Gasteiger partial charge on any atom is -0.370 e. The molecule has 1 amide bonds. The molecule has 2 rings (SSSR count). The zero-order chi connectivity index (χ0) is 15.1. The summed E-state index contributed by atoms with van der Waals surface area (Å²) >= 11 is 0. The van der Waals surface area contributed by atoms with E-state index in [1.807, 2.05) is 0 Å². The lowest BCUT2D eigenvalue weighted by Gasteiger charge is -2.07. The number of amides is 1. The Kier molecular flexibility index (Phi) is 4.93. The van der Waals surface area contributed by atoms with E-state index in [2.05, 4.69) is 35.8 Å². The molecule has 0 unspecified atom stereocenters. The maximum absolute atomic E-state index is 10.6. The number of hydrogen-bond donors (Lipinski definition) is 4. The molecule has 0 saturated heterocycles. The van der Waals surface area contributed by atoms with Gasteiger partial charge in [0.05, 0.1) is 0 Å². The maximum Gasteiger partial charge on any atom is 0.258 e. The van der Waals surface area contributed by atoms with Gasteiger partial charge in [-0.3, -0.25) is 10.2 Å². The molecule has 21 heavy (non-hydrogen) atoms. The number of rotatable bonds is 8. The molecule has 11 heteroatoms. The van der Waals surface area contributed by atoms with E-state index in [0.29, 0.717) is 25.3 Å². The summed E-state index contributed by atoms with van der Waals surface area (Å²) in [4.78, 5) is 26.8. The third-order valence-corrected chi connectivity index (χ3v) is 2.51. The van der Waals surface area contributed by atoms with Gasteiger partial charge in [0.15, 0.2) is 0 Å². The monoisotopic (exact) mass is 292 g/mol. The van der Waals surface area contributed by atoms with E-state index in [4.69, 9.17) is 11.6 Å². The number of carbonyl (C=O) groups excluding carboxylic acids is 1. The lowest BCUT2D eigenvalue weighted by atomic mass is 10.2. The second kappa shape index (κ2) is 7.09. The lowest BCUT2D eigenvalue weighted by molar-refractivity contribution is -0.118. The molecular formula is C10H16N10O. The average Bonchev–Trinajstić information content (AvgIpc) is 3.00. The summed E-state index contributed by atoms with van der Waals surface area (Å²) < 4.78 is 1.39. The van der Waals surface area contributed by atoms with Crippen molar-refractivity contribution in [3.05, 3.63) is 12.7 Å². The van der Waals surface area contributed by atoms with Crippen LogP contribution in [0.15, 0.2) is 12.7 Å². The van der Waals surface area contributed by atoms with Crippen LogP contribution >= 0.6 is 0 Å². The van der Waals surface area contributed by atoms with Gasteiger partial charge in [-0.05, 0) is 12.8 Å². The van der Waals surface area contributed by atoms with E-state index in [0.717, 1.165) is 6.42 Å². The first-order chi connectivity index (χ1) is 10.2. The van der Waals surface area contributed by atoms with E-state index in [-0.39, 0.29) is 17.8 Å². The molecule has 0 aromatic carbocycles. The number of nitrogens with two attached hydrogens (primary N) is 2. The van der Waals surface area contributed by atoms with Crippen LogP contribution in [0.4, 0.5) is 11.9 Å². The highest BCUT2D eigenvalue weighted by Crippen LogP contribution is 2.07. The van der Waals surface area contributed by atoms with Gasteiger partial charge in [0.1, 0.15) is 12.7 Å². The Bertz CT molecular complexity index is 584. The Morgan fingerprint density at radius 1 is 1.24 bits per heavy atom. The van der Waals surface area contributed by atoms with Gasteiger partial charge in [-0.15, -0.1) is 0 Å². The molecule has 0 aliphatic carbocycles. The summed E-state index contributed by atoms with van der Waals surface area (Å²) in [5.74, 6) is 5.86. The number of nitrogens with one attached hydrogen (secondary N) is 2. The minimum absolute atomic E-state index is 0.204. The highest BCUT2D eigenvalue weighted by atomic mass is 16.1. The van der Waals surface area contributed by atoms with Crippen molar-refractivity contribution >= 4 is 17.8 Å². The number of primary amides is 1. The normalized spacial score (nSPS) is 10.3. The van der Waals surface area contributed by atoms with Gasteiger partial charge >= 0.3 is 0 Å². The van der Waals surface area contributed by atoms with Crippen molar-refractivity contribution in [1.29, 1.82) is 0 Å². The molecule has 0 atom stereocenters. The molecule has 0 saturated carbocycles. The standard InChI is InChI=1S/C10H16N10O/c11-7(21)3-1-2-4-14-8-16-9(19-12)18-10(17-8)20-6-13-5-15-20/h5-6H,1-4,12H2,(H2,11,21)(H2,14,16,17,18,19). The highest BCUT2D eigenvalue weighted by Gasteiger charge is 2.07. The fourth-order valence-corrected chi connectivity index (χ4v) is 1.55. The topological polar surface area (TPSA) is 163 Å². The summed E-state index contributed by atoms with van der Waals surface area (Å²) in [6, 6.07) is 0. The van der Waals surface area contributed by atoms with Gasteiger partial charge in [0.25, 0.3) is 5.95 Å². The number of hydrogen-bond acceptors (Lipinski definition) is 9. The second-order valence-corrected chi connectivity index (χ2v) is 4.12. The number of carbonyl (C=O) groups is 1. The molecule has 0 fully saturated rings. The summed E-state index contributed by atoms with van der Waals surface area (Å²) in [5, 5.41) is 6.96. The number of aromatic nitrogens is 6. The molecular weight excluding hydrogens is 276 g/mol. The number of anilines is 2. The third-order valence-electron chi connectivity index (χ3n) is 2.51. The Labute approximate surface area is 120 Å². The van der Waals surface area contributed by atoms with Crippen LogP contribution in [0.25, 0.3) is 5.95 Å². The van der Waals surface area contributed by atoms with Crippen LogP contribution in [0.3, 0.4) is 0 Å². The third kappa shape index (κ3) is 4.35. The Balaban J connectivity index is 1.99. The summed E-state index contributed by atoms with van der Waals surface area (Å²) in [7, 11) is 0. The van der Waals surface area contributed by atoms with Crippen molar-refractivity contribution in [2.75, 3.05) is 17.3 Å². The van der Waals surface area contributed by atoms with Crippen LogP contribution in [0, 0.1) is 0 Å². The molecule has 2 aromatic heterocycles. The van der Waals surface area contributed by atoms with Crippen molar-refractivity contribution in [2.45, 2.75) is 19.3 Å². The summed E-state index contributed by atoms with van der Waals surface area (Å²) in [5.41, 5.74) is 7.43. The van der Waals surface area contributed by atoms with Crippen LogP contribution in [0.1, 0.15) is 19.3 Å². The second-order valence-electron chi connectivity index (χ2n) is 4.12. The molecule has 2 aromatic rings. The van der Waals surface area contributed by atoms with E-state index in [1.54, 1.807) is 0 Å². The van der Waals surface area contributed by atoms with Crippen molar-refractivity contribution in [1.82, 2.24) is 29.7 Å². The Hall–Kier alpha value is -2.82. The summed E-state index contributed by atoms with van der Waals surface area (Å²) in [6.45, 7) is 0.595. The predicted octanol–water partition coefficient (Wildman–Crippen LogP) is -1.19. The molecule has 2 heterocycles. The molecule has 0 spiro atoms. The molecule has 0 aliphatic heterocycles. The molecule has 0 radical (unpaired) electrons. The van der Waals surface area contributed by atoms with Crippen molar-refractivity contribution in [2.24, 2.45) is 11.6 Å². The van der Waals surface area contributed by atoms with Crippen LogP contribution in [0.2, 0.25) is 0 Å². The van der Waals surface area contributed by atoms with Gasteiger partial charge in [-0.2, -0.15) is 24.7 Å². The van der Waals surface area contributed by atoms with E-state index in [1.165, 1.54) is 17.3 Å². The molecule has 0 bridgehead atoms. The zero-order valence-corrected chi connectivity index (χ0v) is 11.2. The molecule has 0 aliphatic rings. The van der Waals surface area contributed by atoms with Crippen LogP contribution in [0.5, 0.6) is 0 Å². The van der Waals surface area contributed by atoms with E-state index in [9.17, 15) is 4.79 Å².